The van der Waals surface area contributed by atoms with E-state index in [0.717, 1.165) is 5.69 Å². The van der Waals surface area contributed by atoms with Gasteiger partial charge >= 0.3 is 0 Å². The Bertz CT molecular complexity index is 1360. The minimum Gasteiger partial charge on any atom is -0.497 e. The monoisotopic (exact) mass is 529 g/mol. The zero-order chi connectivity index (χ0) is 27.4. The van der Waals surface area contributed by atoms with Crippen LogP contribution in [0.2, 0.25) is 0 Å². The van der Waals surface area contributed by atoms with Gasteiger partial charge in [-0.2, -0.15) is 0 Å². The molecule has 0 saturated carbocycles. The second kappa shape index (κ2) is 9.36. The molecule has 0 radical (unpaired) electrons. The molecule has 4 aliphatic rings. The summed E-state index contributed by atoms with van der Waals surface area (Å²) in [5.41, 5.74) is -1.11. The summed E-state index contributed by atoms with van der Waals surface area (Å²) in [7, 11) is 1.57. The van der Waals surface area contributed by atoms with Crippen molar-refractivity contribution in [2.75, 3.05) is 43.2 Å². The molecule has 4 heterocycles. The van der Waals surface area contributed by atoms with Gasteiger partial charge in [0.05, 0.1) is 31.2 Å². The maximum Gasteiger partial charge on any atom is 0.253 e. The maximum absolute atomic E-state index is 14.3. The van der Waals surface area contributed by atoms with Crippen molar-refractivity contribution in [2.24, 2.45) is 11.8 Å². The highest BCUT2D eigenvalue weighted by Crippen LogP contribution is 2.57. The smallest absolute Gasteiger partial charge is 0.253 e. The first-order valence-electron chi connectivity index (χ1n) is 13.1. The van der Waals surface area contributed by atoms with Crippen LogP contribution in [-0.2, 0) is 19.1 Å². The van der Waals surface area contributed by atoms with Gasteiger partial charge in [-0.25, -0.2) is 0 Å². The van der Waals surface area contributed by atoms with Crippen LogP contribution in [0.4, 0.5) is 11.4 Å². The van der Waals surface area contributed by atoms with Crippen LogP contribution in [-0.4, -0.2) is 78.3 Å². The number of hydrogen-bond donors (Lipinski definition) is 1. The number of rotatable bonds is 5. The Labute approximate surface area is 226 Å². The topological polar surface area (TPSA) is 99.6 Å². The molecule has 2 aromatic rings. The van der Waals surface area contributed by atoms with Crippen molar-refractivity contribution >= 4 is 29.1 Å². The highest BCUT2D eigenvalue weighted by molar-refractivity contribution is 6.07. The molecule has 1 spiro atoms. The third kappa shape index (κ3) is 3.71. The average Bonchev–Trinajstić information content (AvgIpc) is 3.20. The van der Waals surface area contributed by atoms with Crippen molar-refractivity contribution < 1.29 is 29.0 Å². The first-order chi connectivity index (χ1) is 18.8. The first kappa shape index (κ1) is 25.3. The number of benzene rings is 2. The Hall–Kier alpha value is -3.95. The van der Waals surface area contributed by atoms with Crippen LogP contribution in [0.15, 0.2) is 78.9 Å². The molecule has 9 heteroatoms. The van der Waals surface area contributed by atoms with E-state index in [0.29, 0.717) is 18.0 Å². The van der Waals surface area contributed by atoms with Gasteiger partial charge in [0, 0.05) is 31.0 Å². The zero-order valence-electron chi connectivity index (χ0n) is 21.9. The van der Waals surface area contributed by atoms with E-state index in [1.165, 1.54) is 4.90 Å². The third-order valence-corrected chi connectivity index (χ3v) is 8.35. The van der Waals surface area contributed by atoms with E-state index in [9.17, 15) is 19.5 Å². The van der Waals surface area contributed by atoms with Crippen LogP contribution in [0, 0.1) is 11.8 Å². The predicted octanol–water partition coefficient (Wildman–Crippen LogP) is 2.16. The third-order valence-electron chi connectivity index (χ3n) is 8.35. The minimum atomic E-state index is -1.37. The number of aliphatic hydroxyl groups is 1. The summed E-state index contributed by atoms with van der Waals surface area (Å²) < 4.78 is 12.1. The molecule has 2 fully saturated rings. The van der Waals surface area contributed by atoms with E-state index in [2.05, 4.69) is 0 Å². The number of β-amino-alcohol motifs (C(OH)–C–C–N with tert-alkyl or cyclic N) is 1. The number of hydrogen-bond acceptors (Lipinski definition) is 6. The summed E-state index contributed by atoms with van der Waals surface area (Å²) in [5.74, 6) is -2.06. The number of aliphatic hydroxyl groups excluding tert-OH is 1. The lowest BCUT2D eigenvalue weighted by molar-refractivity contribution is -0.144. The lowest BCUT2D eigenvalue weighted by Crippen LogP contribution is -2.56. The lowest BCUT2D eigenvalue weighted by atomic mass is 9.74. The normalized spacial score (nSPS) is 31.6. The summed E-state index contributed by atoms with van der Waals surface area (Å²) in [6, 6.07) is 15.4. The number of ether oxygens (including phenoxy) is 2. The maximum atomic E-state index is 14.3. The summed E-state index contributed by atoms with van der Waals surface area (Å²) >= 11 is 0. The van der Waals surface area contributed by atoms with Crippen molar-refractivity contribution in [2.45, 2.75) is 24.2 Å². The van der Waals surface area contributed by atoms with Gasteiger partial charge in [0.25, 0.3) is 5.91 Å². The molecule has 0 bridgehead atoms. The SMILES string of the molecule is COc1ccc(N2CC=C[C@]34O[C@@]5(C)C=CCN(c6ccccc6)C(=O)[C@H]5[C@H]3C(=O)N(CCO)C4C2=O)cc1. The fourth-order valence-electron chi connectivity index (χ4n) is 6.70. The van der Waals surface area contributed by atoms with Crippen molar-refractivity contribution in [3.8, 4) is 5.75 Å². The Morgan fingerprint density at radius 3 is 2.18 bits per heavy atom. The Morgan fingerprint density at radius 1 is 0.872 bits per heavy atom. The summed E-state index contributed by atoms with van der Waals surface area (Å²) in [4.78, 5) is 47.3. The first-order valence-corrected chi connectivity index (χ1v) is 13.1. The molecule has 2 aromatic carbocycles. The molecule has 0 aliphatic carbocycles. The van der Waals surface area contributed by atoms with Crippen molar-refractivity contribution in [1.82, 2.24) is 4.90 Å². The second-order valence-corrected chi connectivity index (χ2v) is 10.5. The average molecular weight is 530 g/mol. The zero-order valence-corrected chi connectivity index (χ0v) is 21.9. The van der Waals surface area contributed by atoms with Crippen LogP contribution in [0.5, 0.6) is 5.75 Å². The Kier molecular flexibility index (Phi) is 6.08. The van der Waals surface area contributed by atoms with Crippen molar-refractivity contribution in [3.63, 3.8) is 0 Å². The number of fused-ring (bicyclic) bond motifs is 2. The Balaban J connectivity index is 1.45. The Morgan fingerprint density at radius 2 is 1.51 bits per heavy atom. The van der Waals surface area contributed by atoms with E-state index >= 15 is 0 Å². The molecule has 0 aromatic heterocycles. The molecule has 4 aliphatic heterocycles. The van der Waals surface area contributed by atoms with Crippen LogP contribution in [0.1, 0.15) is 6.92 Å². The number of nitrogens with zero attached hydrogens (tertiary/aromatic N) is 3. The fourth-order valence-corrected chi connectivity index (χ4v) is 6.70. The van der Waals surface area contributed by atoms with E-state index < -0.39 is 29.1 Å². The highest BCUT2D eigenvalue weighted by atomic mass is 16.5. The molecular formula is C30H31N3O6. The number of carbonyl (C=O) groups excluding carboxylic acids is 3. The number of para-hydroxylation sites is 1. The van der Waals surface area contributed by atoms with Crippen molar-refractivity contribution in [3.05, 3.63) is 78.9 Å². The molecule has 3 amide bonds. The van der Waals surface area contributed by atoms with Gasteiger partial charge < -0.3 is 29.3 Å². The number of amides is 3. The van der Waals surface area contributed by atoms with Crippen LogP contribution >= 0.6 is 0 Å². The molecule has 6 rings (SSSR count). The summed E-state index contributed by atoms with van der Waals surface area (Å²) in [6.45, 7) is 2.06. The van der Waals surface area contributed by atoms with Crippen molar-refractivity contribution in [1.29, 1.82) is 0 Å². The predicted molar refractivity (Wildman–Crippen MR) is 144 cm³/mol. The molecule has 2 saturated heterocycles. The fraction of sp³-hybridized carbons (Fsp3) is 0.367. The second-order valence-electron chi connectivity index (χ2n) is 10.5. The van der Waals surface area contributed by atoms with Gasteiger partial charge in [0.2, 0.25) is 11.8 Å². The largest absolute Gasteiger partial charge is 0.497 e. The molecule has 1 unspecified atom stereocenters. The highest BCUT2D eigenvalue weighted by Gasteiger charge is 2.74. The van der Waals surface area contributed by atoms with Gasteiger partial charge in [0.15, 0.2) is 0 Å². The molecule has 39 heavy (non-hydrogen) atoms. The molecule has 1 N–H and O–H groups in total. The van der Waals surface area contributed by atoms with E-state index in [1.807, 2.05) is 55.5 Å². The van der Waals surface area contributed by atoms with Gasteiger partial charge in [-0.3, -0.25) is 14.4 Å². The number of carbonyl (C=O) groups is 3. The van der Waals surface area contributed by atoms with Gasteiger partial charge in [0.1, 0.15) is 17.4 Å². The minimum absolute atomic E-state index is 0.0446. The van der Waals surface area contributed by atoms with Crippen LogP contribution in [0.25, 0.3) is 0 Å². The van der Waals surface area contributed by atoms with Gasteiger partial charge in [-0.05, 0) is 43.3 Å². The molecular weight excluding hydrogens is 498 g/mol. The number of likely N-dealkylation sites (tertiary alicyclic amines) is 1. The lowest BCUT2D eigenvalue weighted by Gasteiger charge is -2.37. The number of anilines is 2. The standard InChI is InChI=1S/C30H31N3O6/c1-29-14-6-16-31(20-8-4-3-5-9-20)26(35)23(29)24-27(36)33(18-19-34)25-28(37)32(17-7-15-30(24,25)39-29)21-10-12-22(38-2)13-11-21/h3-15,23-25,34H,16-19H2,1-2H3/t23-,24+,25?,29+,30+/m1/s1. The van der Waals surface area contributed by atoms with Crippen LogP contribution < -0.4 is 14.5 Å². The van der Waals surface area contributed by atoms with Gasteiger partial charge in [-0.15, -0.1) is 0 Å². The van der Waals surface area contributed by atoms with E-state index in [1.54, 1.807) is 47.3 Å². The van der Waals surface area contributed by atoms with E-state index in [4.69, 9.17) is 9.47 Å². The quantitative estimate of drug-likeness (QED) is 0.596. The molecule has 9 nitrogen and oxygen atoms in total. The summed E-state index contributed by atoms with van der Waals surface area (Å²) in [6.07, 6.45) is 7.38. The molecule has 5 atom stereocenters. The van der Waals surface area contributed by atoms with Crippen LogP contribution in [0.3, 0.4) is 0 Å². The van der Waals surface area contributed by atoms with Gasteiger partial charge in [-0.1, -0.05) is 42.5 Å². The van der Waals surface area contributed by atoms with E-state index in [-0.39, 0.29) is 37.4 Å². The number of methoxy groups -OCH3 is 1. The summed E-state index contributed by atoms with van der Waals surface area (Å²) in [5, 5.41) is 9.89. The molecule has 202 valence electrons.